The second-order valence-corrected chi connectivity index (χ2v) is 6.78. The number of halogens is 1. The smallest absolute Gasteiger partial charge is 0.133 e. The van der Waals surface area contributed by atoms with Gasteiger partial charge in [-0.2, -0.15) is 0 Å². The summed E-state index contributed by atoms with van der Waals surface area (Å²) in [6.45, 7) is 5.24. The van der Waals surface area contributed by atoms with Crippen LogP contribution in [0.4, 0.5) is 0 Å². The van der Waals surface area contributed by atoms with Crippen LogP contribution in [0.3, 0.4) is 0 Å². The summed E-state index contributed by atoms with van der Waals surface area (Å²) < 4.78 is 6.59. The fraction of sp³-hybridized carbons (Fsp3) is 0.625. The van der Waals surface area contributed by atoms with Gasteiger partial charge in [0.2, 0.25) is 0 Å². The lowest BCUT2D eigenvalue weighted by atomic mass is 10.1. The monoisotopic (exact) mass is 341 g/mol. The van der Waals surface area contributed by atoms with Gasteiger partial charge in [-0.15, -0.1) is 0 Å². The molecule has 0 spiro atoms. The van der Waals surface area contributed by atoms with E-state index in [0.29, 0.717) is 19.2 Å². The summed E-state index contributed by atoms with van der Waals surface area (Å²) in [4.78, 5) is 0. The number of benzene rings is 1. The fourth-order valence-corrected chi connectivity index (χ4v) is 3.27. The molecule has 0 aromatic heterocycles. The van der Waals surface area contributed by atoms with E-state index in [0.717, 1.165) is 16.1 Å². The molecule has 1 aromatic carbocycles. The molecule has 4 heteroatoms. The zero-order chi connectivity index (χ0) is 14.5. The van der Waals surface area contributed by atoms with Gasteiger partial charge in [0.25, 0.3) is 0 Å². The number of aliphatic hydroxyl groups is 1. The summed E-state index contributed by atoms with van der Waals surface area (Å²) in [7, 11) is 0. The van der Waals surface area contributed by atoms with Crippen molar-refractivity contribution in [3.05, 3.63) is 28.2 Å². The number of nitrogens with one attached hydrogen (secondary N) is 1. The molecule has 0 saturated heterocycles. The first kappa shape index (κ1) is 15.8. The normalized spacial score (nSPS) is 23.8. The summed E-state index contributed by atoms with van der Waals surface area (Å²) >= 11 is 3.47. The number of hydrogen-bond donors (Lipinski definition) is 2. The van der Waals surface area contributed by atoms with Crippen LogP contribution in [0.2, 0.25) is 0 Å². The number of aliphatic hydroxyl groups excluding tert-OH is 1. The van der Waals surface area contributed by atoms with Crippen LogP contribution >= 0.6 is 15.9 Å². The SMILES string of the molecule is Cc1ccc(OCC(O)CNC2CCC(C)C2)c(Br)c1. The van der Waals surface area contributed by atoms with Gasteiger partial charge in [-0.25, -0.2) is 0 Å². The first-order valence-electron chi connectivity index (χ1n) is 7.35. The maximum absolute atomic E-state index is 9.98. The molecule has 20 heavy (non-hydrogen) atoms. The minimum atomic E-state index is -0.473. The molecule has 2 rings (SSSR count). The summed E-state index contributed by atoms with van der Waals surface area (Å²) in [6, 6.07) is 6.51. The highest BCUT2D eigenvalue weighted by Gasteiger charge is 2.21. The summed E-state index contributed by atoms with van der Waals surface area (Å²) in [5.74, 6) is 1.59. The first-order valence-corrected chi connectivity index (χ1v) is 8.14. The summed E-state index contributed by atoms with van der Waals surface area (Å²) in [5, 5.41) is 13.4. The van der Waals surface area contributed by atoms with Gasteiger partial charge >= 0.3 is 0 Å². The Labute approximate surface area is 129 Å². The number of hydrogen-bond acceptors (Lipinski definition) is 3. The lowest BCUT2D eigenvalue weighted by Gasteiger charge is -2.17. The second-order valence-electron chi connectivity index (χ2n) is 5.92. The van der Waals surface area contributed by atoms with Crippen LogP contribution in [0.1, 0.15) is 31.7 Å². The van der Waals surface area contributed by atoms with Crippen molar-refractivity contribution in [3.8, 4) is 5.75 Å². The molecular formula is C16H24BrNO2. The van der Waals surface area contributed by atoms with Crippen LogP contribution in [-0.4, -0.2) is 30.4 Å². The van der Waals surface area contributed by atoms with E-state index in [1.165, 1.54) is 24.8 Å². The second kappa shape index (κ2) is 7.43. The maximum Gasteiger partial charge on any atom is 0.133 e. The zero-order valence-electron chi connectivity index (χ0n) is 12.2. The van der Waals surface area contributed by atoms with E-state index < -0.39 is 6.10 Å². The van der Waals surface area contributed by atoms with Crippen molar-refractivity contribution < 1.29 is 9.84 Å². The Morgan fingerprint density at radius 1 is 1.45 bits per heavy atom. The molecule has 0 heterocycles. The number of aryl methyl sites for hydroxylation is 1. The molecule has 3 nitrogen and oxygen atoms in total. The Morgan fingerprint density at radius 2 is 2.25 bits per heavy atom. The fourth-order valence-electron chi connectivity index (χ4n) is 2.66. The predicted molar refractivity (Wildman–Crippen MR) is 85.2 cm³/mol. The molecule has 1 saturated carbocycles. The summed E-state index contributed by atoms with van der Waals surface area (Å²) in [6.07, 6.45) is 3.26. The van der Waals surface area contributed by atoms with Crippen LogP contribution in [0.15, 0.2) is 22.7 Å². The van der Waals surface area contributed by atoms with Crippen LogP contribution in [0.5, 0.6) is 5.75 Å². The molecule has 3 unspecified atom stereocenters. The van der Waals surface area contributed by atoms with E-state index in [1.54, 1.807) is 0 Å². The van der Waals surface area contributed by atoms with Crippen LogP contribution < -0.4 is 10.1 Å². The average molecular weight is 342 g/mol. The van der Waals surface area contributed by atoms with E-state index in [9.17, 15) is 5.11 Å². The van der Waals surface area contributed by atoms with Crippen molar-refractivity contribution in [1.82, 2.24) is 5.32 Å². The van der Waals surface area contributed by atoms with E-state index >= 15 is 0 Å². The summed E-state index contributed by atoms with van der Waals surface area (Å²) in [5.41, 5.74) is 1.18. The lowest BCUT2D eigenvalue weighted by molar-refractivity contribution is 0.103. The highest BCUT2D eigenvalue weighted by atomic mass is 79.9. The Bertz CT molecular complexity index is 438. The molecule has 2 N–H and O–H groups in total. The highest BCUT2D eigenvalue weighted by Crippen LogP contribution is 2.26. The minimum Gasteiger partial charge on any atom is -0.490 e. The van der Waals surface area contributed by atoms with E-state index in [4.69, 9.17) is 4.74 Å². The molecular weight excluding hydrogens is 318 g/mol. The average Bonchev–Trinajstić information content (AvgIpc) is 2.81. The van der Waals surface area contributed by atoms with E-state index in [-0.39, 0.29) is 0 Å². The molecule has 0 radical (unpaired) electrons. The third-order valence-electron chi connectivity index (χ3n) is 3.86. The van der Waals surface area contributed by atoms with Gasteiger partial charge in [0.05, 0.1) is 4.47 Å². The van der Waals surface area contributed by atoms with Crippen LogP contribution in [0, 0.1) is 12.8 Å². The Kier molecular flexibility index (Phi) is 5.87. The molecule has 0 aliphatic heterocycles. The van der Waals surface area contributed by atoms with Gasteiger partial charge in [0, 0.05) is 12.6 Å². The topological polar surface area (TPSA) is 41.5 Å². The van der Waals surface area contributed by atoms with Gasteiger partial charge in [-0.3, -0.25) is 0 Å². The van der Waals surface area contributed by atoms with Crippen molar-refractivity contribution in [2.75, 3.05) is 13.2 Å². The van der Waals surface area contributed by atoms with E-state index in [2.05, 4.69) is 28.2 Å². The zero-order valence-corrected chi connectivity index (χ0v) is 13.8. The van der Waals surface area contributed by atoms with Gasteiger partial charge in [-0.1, -0.05) is 13.0 Å². The van der Waals surface area contributed by atoms with E-state index in [1.807, 2.05) is 25.1 Å². The Hall–Kier alpha value is -0.580. The standard InChI is InChI=1S/C16H24BrNO2/c1-11-3-5-13(7-11)18-9-14(19)10-20-16-6-4-12(2)8-15(16)17/h4,6,8,11,13-14,18-19H,3,5,7,9-10H2,1-2H3. The lowest BCUT2D eigenvalue weighted by Crippen LogP contribution is -2.36. The largest absolute Gasteiger partial charge is 0.490 e. The molecule has 0 bridgehead atoms. The molecule has 1 aromatic rings. The van der Waals surface area contributed by atoms with Gasteiger partial charge in [0.15, 0.2) is 0 Å². The first-order chi connectivity index (χ1) is 9.54. The van der Waals surface area contributed by atoms with Crippen molar-refractivity contribution in [1.29, 1.82) is 0 Å². The molecule has 1 aliphatic carbocycles. The third kappa shape index (κ3) is 4.76. The van der Waals surface area contributed by atoms with Gasteiger partial charge in [0.1, 0.15) is 18.5 Å². The molecule has 3 atom stereocenters. The highest BCUT2D eigenvalue weighted by molar-refractivity contribution is 9.10. The number of rotatable bonds is 6. The van der Waals surface area contributed by atoms with Crippen molar-refractivity contribution >= 4 is 15.9 Å². The molecule has 1 fully saturated rings. The Balaban J connectivity index is 1.70. The van der Waals surface area contributed by atoms with Crippen LogP contribution in [0.25, 0.3) is 0 Å². The predicted octanol–water partition coefficient (Wildman–Crippen LogP) is 3.28. The minimum absolute atomic E-state index is 0.316. The maximum atomic E-state index is 9.98. The van der Waals surface area contributed by atoms with Crippen molar-refractivity contribution in [2.24, 2.45) is 5.92 Å². The Morgan fingerprint density at radius 3 is 2.90 bits per heavy atom. The number of ether oxygens (including phenoxy) is 1. The van der Waals surface area contributed by atoms with Gasteiger partial charge < -0.3 is 15.2 Å². The van der Waals surface area contributed by atoms with Crippen LogP contribution in [-0.2, 0) is 0 Å². The van der Waals surface area contributed by atoms with Crippen molar-refractivity contribution in [2.45, 2.75) is 45.3 Å². The van der Waals surface area contributed by atoms with Gasteiger partial charge in [-0.05, 0) is 65.7 Å². The third-order valence-corrected chi connectivity index (χ3v) is 4.48. The molecule has 1 aliphatic rings. The molecule has 112 valence electrons. The van der Waals surface area contributed by atoms with Crippen molar-refractivity contribution in [3.63, 3.8) is 0 Å². The quantitative estimate of drug-likeness (QED) is 0.834. The molecule has 0 amide bonds.